The molecule has 0 N–H and O–H groups in total. The standard InChI is InChI=1S/C22H25N5O2/c1-15-17-7-8-18(24-21(17)27(25-15)20-6-2-3-11-23-20)16-9-12-26(13-10-16)22(28)19-5-4-14-29-19/h2-3,6-8,11,16,19H,4-5,9-10,12-14H2,1H3/t19-/m1/s1. The molecule has 7 nitrogen and oxygen atoms in total. The fraction of sp³-hybridized carbons (Fsp3) is 0.455. The molecule has 0 bridgehead atoms. The van der Waals surface area contributed by atoms with E-state index in [-0.39, 0.29) is 12.0 Å². The van der Waals surface area contributed by atoms with Gasteiger partial charge in [-0.25, -0.2) is 9.97 Å². The molecule has 5 heterocycles. The van der Waals surface area contributed by atoms with Crippen molar-refractivity contribution in [1.82, 2.24) is 24.6 Å². The predicted octanol–water partition coefficient (Wildman–Crippen LogP) is 3.01. The van der Waals surface area contributed by atoms with Gasteiger partial charge in [0.1, 0.15) is 6.10 Å². The lowest BCUT2D eigenvalue weighted by atomic mass is 9.92. The van der Waals surface area contributed by atoms with E-state index in [0.717, 1.165) is 67.0 Å². The van der Waals surface area contributed by atoms with Crippen LogP contribution < -0.4 is 0 Å². The summed E-state index contributed by atoms with van der Waals surface area (Å²) in [4.78, 5) is 24.0. The number of nitrogens with zero attached hydrogens (tertiary/aromatic N) is 5. The van der Waals surface area contributed by atoms with Crippen molar-refractivity contribution in [3.05, 3.63) is 47.9 Å². The van der Waals surface area contributed by atoms with Crippen LogP contribution in [0.3, 0.4) is 0 Å². The van der Waals surface area contributed by atoms with Gasteiger partial charge in [0.15, 0.2) is 11.5 Å². The van der Waals surface area contributed by atoms with Gasteiger partial charge in [-0.3, -0.25) is 4.79 Å². The fourth-order valence-electron chi connectivity index (χ4n) is 4.40. The molecule has 0 spiro atoms. The predicted molar refractivity (Wildman–Crippen MR) is 109 cm³/mol. The number of carbonyl (C=O) groups excluding carboxylic acids is 1. The summed E-state index contributed by atoms with van der Waals surface area (Å²) in [5.74, 6) is 1.28. The maximum absolute atomic E-state index is 12.6. The van der Waals surface area contributed by atoms with Gasteiger partial charge in [0.2, 0.25) is 0 Å². The molecule has 0 saturated carbocycles. The highest BCUT2D eigenvalue weighted by Gasteiger charge is 2.31. The van der Waals surface area contributed by atoms with Crippen LogP contribution in [-0.2, 0) is 9.53 Å². The first-order chi connectivity index (χ1) is 14.2. The molecule has 5 rings (SSSR count). The Labute approximate surface area is 169 Å². The molecule has 29 heavy (non-hydrogen) atoms. The van der Waals surface area contributed by atoms with E-state index in [0.29, 0.717) is 12.5 Å². The second-order valence-electron chi connectivity index (χ2n) is 7.89. The van der Waals surface area contributed by atoms with E-state index < -0.39 is 0 Å². The van der Waals surface area contributed by atoms with Gasteiger partial charge in [0.05, 0.1) is 5.69 Å². The lowest BCUT2D eigenvalue weighted by Gasteiger charge is -2.33. The summed E-state index contributed by atoms with van der Waals surface area (Å²) in [7, 11) is 0. The smallest absolute Gasteiger partial charge is 0.251 e. The van der Waals surface area contributed by atoms with E-state index in [1.54, 1.807) is 6.20 Å². The van der Waals surface area contributed by atoms with Crippen LogP contribution in [0.5, 0.6) is 0 Å². The van der Waals surface area contributed by atoms with Crippen molar-refractivity contribution in [1.29, 1.82) is 0 Å². The number of carbonyl (C=O) groups is 1. The molecule has 3 aromatic heterocycles. The third kappa shape index (κ3) is 3.40. The average Bonchev–Trinajstić information content (AvgIpc) is 3.42. The minimum absolute atomic E-state index is 0.160. The highest BCUT2D eigenvalue weighted by Crippen LogP contribution is 2.30. The zero-order valence-corrected chi connectivity index (χ0v) is 16.6. The summed E-state index contributed by atoms with van der Waals surface area (Å²) in [5, 5.41) is 5.70. The van der Waals surface area contributed by atoms with E-state index >= 15 is 0 Å². The molecular formula is C22H25N5O2. The van der Waals surface area contributed by atoms with Crippen molar-refractivity contribution in [2.24, 2.45) is 0 Å². The number of amides is 1. The quantitative estimate of drug-likeness (QED) is 0.686. The van der Waals surface area contributed by atoms with Crippen LogP contribution in [0.25, 0.3) is 16.9 Å². The zero-order valence-electron chi connectivity index (χ0n) is 16.6. The molecule has 1 atom stereocenters. The SMILES string of the molecule is Cc1nn(-c2ccccn2)c2nc(C3CCN(C(=O)[C@H]4CCCO4)CC3)ccc12. The number of aromatic nitrogens is 4. The summed E-state index contributed by atoms with van der Waals surface area (Å²) >= 11 is 0. The number of pyridine rings is 2. The molecule has 0 aromatic carbocycles. The number of aryl methyl sites for hydroxylation is 1. The Morgan fingerprint density at radius 1 is 1.14 bits per heavy atom. The minimum Gasteiger partial charge on any atom is -0.368 e. The summed E-state index contributed by atoms with van der Waals surface area (Å²) < 4.78 is 7.39. The van der Waals surface area contributed by atoms with Crippen molar-refractivity contribution >= 4 is 16.9 Å². The Bertz CT molecular complexity index is 1020. The Morgan fingerprint density at radius 3 is 2.72 bits per heavy atom. The third-order valence-corrected chi connectivity index (χ3v) is 6.03. The highest BCUT2D eigenvalue weighted by molar-refractivity contribution is 5.81. The van der Waals surface area contributed by atoms with Gasteiger partial charge in [-0.15, -0.1) is 0 Å². The molecule has 0 unspecified atom stereocenters. The molecule has 150 valence electrons. The lowest BCUT2D eigenvalue weighted by Crippen LogP contribution is -2.43. The Balaban J connectivity index is 1.37. The van der Waals surface area contributed by atoms with Gasteiger partial charge < -0.3 is 9.64 Å². The summed E-state index contributed by atoms with van der Waals surface area (Å²) in [6.45, 7) is 4.24. The molecule has 2 aliphatic heterocycles. The van der Waals surface area contributed by atoms with Gasteiger partial charge in [0, 0.05) is 42.9 Å². The van der Waals surface area contributed by atoms with Gasteiger partial charge in [-0.1, -0.05) is 6.07 Å². The van der Waals surface area contributed by atoms with Crippen molar-refractivity contribution in [3.8, 4) is 5.82 Å². The minimum atomic E-state index is -0.225. The van der Waals surface area contributed by atoms with Crippen LogP contribution in [0.4, 0.5) is 0 Å². The fourth-order valence-corrected chi connectivity index (χ4v) is 4.40. The third-order valence-electron chi connectivity index (χ3n) is 6.03. The maximum atomic E-state index is 12.6. The molecule has 2 aliphatic rings. The summed E-state index contributed by atoms with van der Waals surface area (Å²) in [6.07, 6.45) is 5.23. The number of likely N-dealkylation sites (tertiary alicyclic amines) is 1. The van der Waals surface area contributed by atoms with Gasteiger partial charge in [-0.05, 0) is 56.9 Å². The van der Waals surface area contributed by atoms with E-state index in [9.17, 15) is 4.79 Å². The first-order valence-corrected chi connectivity index (χ1v) is 10.4. The van der Waals surface area contributed by atoms with Crippen LogP contribution in [0.1, 0.15) is 43.0 Å². The molecule has 3 aromatic rings. The van der Waals surface area contributed by atoms with Crippen molar-refractivity contribution < 1.29 is 9.53 Å². The monoisotopic (exact) mass is 391 g/mol. The van der Waals surface area contributed by atoms with Crippen LogP contribution in [0, 0.1) is 6.92 Å². The molecular weight excluding hydrogens is 366 g/mol. The number of ether oxygens (including phenoxy) is 1. The number of piperidine rings is 1. The number of hydrogen-bond acceptors (Lipinski definition) is 5. The summed E-state index contributed by atoms with van der Waals surface area (Å²) in [5.41, 5.74) is 2.86. The van der Waals surface area contributed by atoms with Crippen LogP contribution in [0.15, 0.2) is 36.5 Å². The zero-order chi connectivity index (χ0) is 19.8. The van der Waals surface area contributed by atoms with Gasteiger partial charge in [-0.2, -0.15) is 9.78 Å². The van der Waals surface area contributed by atoms with Gasteiger partial charge in [0.25, 0.3) is 5.91 Å². The van der Waals surface area contributed by atoms with Crippen LogP contribution >= 0.6 is 0 Å². The second-order valence-corrected chi connectivity index (χ2v) is 7.89. The van der Waals surface area contributed by atoms with Crippen molar-refractivity contribution in [2.45, 2.75) is 44.6 Å². The second kappa shape index (κ2) is 7.55. The van der Waals surface area contributed by atoms with Gasteiger partial charge >= 0.3 is 0 Å². The van der Waals surface area contributed by atoms with Crippen molar-refractivity contribution in [3.63, 3.8) is 0 Å². The Hall–Kier alpha value is -2.80. The molecule has 2 saturated heterocycles. The molecule has 2 fully saturated rings. The van der Waals surface area contributed by atoms with E-state index in [1.165, 1.54) is 0 Å². The lowest BCUT2D eigenvalue weighted by molar-refractivity contribution is -0.142. The first kappa shape index (κ1) is 18.2. The summed E-state index contributed by atoms with van der Waals surface area (Å²) in [6, 6.07) is 10.0. The molecule has 1 amide bonds. The normalized spacial score (nSPS) is 20.4. The number of hydrogen-bond donors (Lipinski definition) is 0. The largest absolute Gasteiger partial charge is 0.368 e. The van der Waals surface area contributed by atoms with E-state index in [1.807, 2.05) is 34.7 Å². The Kier molecular flexibility index (Phi) is 4.75. The van der Waals surface area contributed by atoms with E-state index in [2.05, 4.69) is 22.2 Å². The average molecular weight is 391 g/mol. The molecule has 0 radical (unpaired) electrons. The Morgan fingerprint density at radius 2 is 2.00 bits per heavy atom. The van der Waals surface area contributed by atoms with Crippen LogP contribution in [-0.4, -0.2) is 56.4 Å². The van der Waals surface area contributed by atoms with Crippen molar-refractivity contribution in [2.75, 3.05) is 19.7 Å². The molecule has 7 heteroatoms. The topological polar surface area (TPSA) is 73.1 Å². The maximum Gasteiger partial charge on any atom is 0.251 e. The number of fused-ring (bicyclic) bond motifs is 1. The molecule has 0 aliphatic carbocycles. The van der Waals surface area contributed by atoms with E-state index in [4.69, 9.17) is 9.72 Å². The van der Waals surface area contributed by atoms with Crippen LogP contribution in [0.2, 0.25) is 0 Å². The number of rotatable bonds is 3. The highest BCUT2D eigenvalue weighted by atomic mass is 16.5. The first-order valence-electron chi connectivity index (χ1n) is 10.4.